The molecule has 5 heterocycles. The highest BCUT2D eigenvalue weighted by atomic mass is 32.1. The van der Waals surface area contributed by atoms with Gasteiger partial charge in [0.2, 0.25) is 0 Å². The number of amides is 1. The second-order valence-corrected chi connectivity index (χ2v) is 10.3. The van der Waals surface area contributed by atoms with E-state index in [4.69, 9.17) is 10.5 Å². The number of piperidine rings is 1. The van der Waals surface area contributed by atoms with Crippen molar-refractivity contribution in [3.8, 4) is 5.75 Å². The van der Waals surface area contributed by atoms with Crippen LogP contribution in [0.2, 0.25) is 0 Å². The van der Waals surface area contributed by atoms with Crippen molar-refractivity contribution in [1.29, 1.82) is 0 Å². The van der Waals surface area contributed by atoms with Gasteiger partial charge in [-0.05, 0) is 19.1 Å². The van der Waals surface area contributed by atoms with Crippen LogP contribution in [0.15, 0.2) is 18.2 Å². The van der Waals surface area contributed by atoms with Crippen LogP contribution >= 0.6 is 11.3 Å². The van der Waals surface area contributed by atoms with Gasteiger partial charge in [-0.25, -0.2) is 13.8 Å². The number of nitrogens with two attached hydrogens (primary N) is 1. The van der Waals surface area contributed by atoms with Crippen LogP contribution in [-0.4, -0.2) is 48.2 Å². The fourth-order valence-corrected chi connectivity index (χ4v) is 6.83. The summed E-state index contributed by atoms with van der Waals surface area (Å²) < 4.78 is 36.0. The first kappa shape index (κ1) is 19.5. The molecule has 2 aromatic heterocycles. The van der Waals surface area contributed by atoms with Crippen molar-refractivity contribution in [1.82, 2.24) is 15.6 Å². The number of nitrogen functional groups attached to an aromatic ring is 1. The van der Waals surface area contributed by atoms with Crippen LogP contribution in [0.3, 0.4) is 0 Å². The van der Waals surface area contributed by atoms with E-state index in [1.165, 1.54) is 17.4 Å². The first-order valence-electron chi connectivity index (χ1n) is 11.0. The number of fused-ring (bicyclic) bond motifs is 3. The topological polar surface area (TPSA) is 92.5 Å². The van der Waals surface area contributed by atoms with Crippen molar-refractivity contribution < 1.29 is 18.3 Å². The molecule has 3 aliphatic heterocycles. The number of carbonyl (C=O) groups is 1. The third-order valence-electron chi connectivity index (χ3n) is 7.40. The van der Waals surface area contributed by atoms with Crippen LogP contribution in [0.5, 0.6) is 5.75 Å². The van der Waals surface area contributed by atoms with Crippen molar-refractivity contribution in [2.45, 2.75) is 37.5 Å². The van der Waals surface area contributed by atoms with Gasteiger partial charge in [-0.1, -0.05) is 0 Å². The lowest BCUT2D eigenvalue weighted by molar-refractivity contribution is 0.0918. The molecule has 1 amide bonds. The predicted molar refractivity (Wildman–Crippen MR) is 121 cm³/mol. The molecule has 2 saturated heterocycles. The molecule has 1 saturated carbocycles. The molecule has 0 bridgehead atoms. The molecule has 170 valence electrons. The van der Waals surface area contributed by atoms with E-state index in [9.17, 15) is 4.79 Å². The third kappa shape index (κ3) is 2.61. The largest absolute Gasteiger partial charge is 0.488 e. The number of aromatic nitrogens is 1. The number of ether oxygens (including phenoxy) is 1. The number of hydrogen-bond acceptors (Lipinski definition) is 7. The number of nitrogens with zero attached hydrogens (tertiary/aromatic N) is 2. The van der Waals surface area contributed by atoms with E-state index in [1.54, 1.807) is 0 Å². The van der Waals surface area contributed by atoms with E-state index < -0.39 is 17.7 Å². The number of pyridine rings is 1. The summed E-state index contributed by atoms with van der Waals surface area (Å²) in [5.74, 6) is -0.864. The Balaban J connectivity index is 1.13. The van der Waals surface area contributed by atoms with E-state index in [0.717, 1.165) is 17.6 Å². The lowest BCUT2D eigenvalue weighted by Gasteiger charge is -2.43. The van der Waals surface area contributed by atoms with Crippen LogP contribution < -0.4 is 26.0 Å². The maximum Gasteiger partial charge on any atom is 0.263 e. The van der Waals surface area contributed by atoms with Gasteiger partial charge in [-0.3, -0.25) is 4.79 Å². The SMILES string of the molecule is Cc1ccc2c(N)c(C(=O)N[C@H]3COc4c(F)c(N5C6C7[C@H]6NC[C@@H]75)cc(F)c4C3)sc2n1. The third-order valence-corrected chi connectivity index (χ3v) is 8.52. The van der Waals surface area contributed by atoms with Crippen LogP contribution in [0.25, 0.3) is 10.2 Å². The first-order valence-corrected chi connectivity index (χ1v) is 11.9. The van der Waals surface area contributed by atoms with Crippen molar-refractivity contribution in [3.63, 3.8) is 0 Å². The standard InChI is InChI=1S/C23H21F2N5O2S/c1-8-2-3-10-17(26)21(33-23(10)28-8)22(31)29-9-4-11-12(24)5-13(16(25)20(11)32-7-9)30-14-6-27-18-15(14)19(18)30/h2-3,5,9,14-15,18-19,27H,4,6-7,26H2,1H3,(H,29,31)/t9-,14+,15?,18-,19?/m1/s1. The number of piperazine rings is 1. The van der Waals surface area contributed by atoms with Gasteiger partial charge in [0.25, 0.3) is 5.91 Å². The summed E-state index contributed by atoms with van der Waals surface area (Å²) >= 11 is 1.22. The molecule has 4 aliphatic rings. The summed E-state index contributed by atoms with van der Waals surface area (Å²) in [5, 5.41) is 7.00. The molecule has 7 nitrogen and oxygen atoms in total. The molecular formula is C23H21F2N5O2S. The summed E-state index contributed by atoms with van der Waals surface area (Å²) in [6.45, 7) is 2.73. The van der Waals surface area contributed by atoms with Gasteiger partial charge in [-0.15, -0.1) is 11.3 Å². The highest BCUT2D eigenvalue weighted by molar-refractivity contribution is 7.21. The Bertz CT molecular complexity index is 1360. The summed E-state index contributed by atoms with van der Waals surface area (Å²) in [5.41, 5.74) is 7.83. The maximum absolute atomic E-state index is 15.3. The number of thiophene rings is 1. The van der Waals surface area contributed by atoms with Gasteiger partial charge in [0.15, 0.2) is 11.6 Å². The lowest BCUT2D eigenvalue weighted by Crippen LogP contribution is -2.56. The fraction of sp³-hybridized carbons (Fsp3) is 0.391. The monoisotopic (exact) mass is 469 g/mol. The number of carbonyl (C=O) groups excluding carboxylic acids is 1. The quantitative estimate of drug-likeness (QED) is 0.546. The second kappa shape index (κ2) is 6.54. The minimum Gasteiger partial charge on any atom is -0.488 e. The minimum atomic E-state index is -0.512. The first-order chi connectivity index (χ1) is 15.9. The molecule has 10 heteroatoms. The van der Waals surface area contributed by atoms with E-state index in [1.807, 2.05) is 24.0 Å². The lowest BCUT2D eigenvalue weighted by atomic mass is 9.97. The zero-order valence-electron chi connectivity index (χ0n) is 17.7. The van der Waals surface area contributed by atoms with Gasteiger partial charge in [0.1, 0.15) is 22.1 Å². The van der Waals surface area contributed by atoms with E-state index in [2.05, 4.69) is 15.6 Å². The van der Waals surface area contributed by atoms with Crippen LogP contribution in [-0.2, 0) is 6.42 Å². The Morgan fingerprint density at radius 1 is 1.39 bits per heavy atom. The van der Waals surface area contributed by atoms with Gasteiger partial charge in [0, 0.05) is 53.7 Å². The number of nitrogens with one attached hydrogen (secondary N) is 2. The van der Waals surface area contributed by atoms with Crippen LogP contribution in [0.1, 0.15) is 20.9 Å². The minimum absolute atomic E-state index is 0.0375. The Morgan fingerprint density at radius 3 is 3.00 bits per heavy atom. The highest BCUT2D eigenvalue weighted by Crippen LogP contribution is 2.58. The number of hydrogen-bond donors (Lipinski definition) is 3. The molecule has 1 aromatic carbocycles. The molecule has 0 spiro atoms. The highest BCUT2D eigenvalue weighted by Gasteiger charge is 2.72. The zero-order valence-corrected chi connectivity index (χ0v) is 18.5. The summed E-state index contributed by atoms with van der Waals surface area (Å²) in [6.07, 6.45) is 0.145. The summed E-state index contributed by atoms with van der Waals surface area (Å²) in [6, 6.07) is 5.36. The van der Waals surface area contributed by atoms with E-state index in [-0.39, 0.29) is 48.0 Å². The number of benzene rings is 1. The Kier molecular flexibility index (Phi) is 3.86. The summed E-state index contributed by atoms with van der Waals surface area (Å²) in [7, 11) is 0. The number of halogens is 2. The zero-order chi connectivity index (χ0) is 22.6. The van der Waals surface area contributed by atoms with Gasteiger partial charge < -0.3 is 26.0 Å². The molecule has 2 unspecified atom stereocenters. The van der Waals surface area contributed by atoms with Crippen molar-refractivity contribution in [2.24, 2.45) is 5.92 Å². The van der Waals surface area contributed by atoms with Crippen molar-refractivity contribution in [2.75, 3.05) is 23.8 Å². The Labute approximate surface area is 191 Å². The van der Waals surface area contributed by atoms with Crippen molar-refractivity contribution >= 4 is 38.8 Å². The molecule has 3 fully saturated rings. The molecular weight excluding hydrogens is 448 g/mol. The molecule has 0 radical (unpaired) electrons. The van der Waals surface area contributed by atoms with Crippen molar-refractivity contribution in [3.05, 3.63) is 46.0 Å². The number of anilines is 2. The molecule has 5 atom stereocenters. The second-order valence-electron chi connectivity index (χ2n) is 9.31. The maximum atomic E-state index is 15.3. The Hall–Kier alpha value is -2.98. The van der Waals surface area contributed by atoms with Gasteiger partial charge >= 0.3 is 0 Å². The normalized spacial score (nSPS) is 28.7. The molecule has 4 N–H and O–H groups in total. The average molecular weight is 470 g/mol. The molecule has 33 heavy (non-hydrogen) atoms. The van der Waals surface area contributed by atoms with E-state index >= 15 is 8.78 Å². The predicted octanol–water partition coefficient (Wildman–Crippen LogP) is 2.36. The van der Waals surface area contributed by atoms with Crippen LogP contribution in [0.4, 0.5) is 20.2 Å². The molecule has 3 aromatic rings. The summed E-state index contributed by atoms with van der Waals surface area (Å²) in [4.78, 5) is 20.4. The number of aryl methyl sites for hydroxylation is 1. The smallest absolute Gasteiger partial charge is 0.263 e. The Morgan fingerprint density at radius 2 is 2.24 bits per heavy atom. The average Bonchev–Trinajstić information content (AvgIpc) is 3.06. The molecule has 1 aliphatic carbocycles. The molecule has 7 rings (SSSR count). The van der Waals surface area contributed by atoms with Gasteiger partial charge in [0.05, 0.1) is 23.5 Å². The number of rotatable bonds is 3. The van der Waals surface area contributed by atoms with Crippen LogP contribution in [0, 0.1) is 24.5 Å². The van der Waals surface area contributed by atoms with E-state index in [0.29, 0.717) is 27.4 Å². The fourth-order valence-electron chi connectivity index (χ4n) is 5.78. The van der Waals surface area contributed by atoms with Gasteiger partial charge in [-0.2, -0.15) is 0 Å².